The van der Waals surface area contributed by atoms with Crippen LogP contribution in [-0.4, -0.2) is 14.8 Å². The van der Waals surface area contributed by atoms with Crippen LogP contribution < -0.4 is 4.74 Å². The Morgan fingerprint density at radius 3 is 2.62 bits per heavy atom. The van der Waals surface area contributed by atoms with Gasteiger partial charge in [0.1, 0.15) is 5.75 Å². The van der Waals surface area contributed by atoms with Crippen LogP contribution in [0.5, 0.6) is 5.75 Å². The fourth-order valence-corrected chi connectivity index (χ4v) is 3.78. The van der Waals surface area contributed by atoms with Gasteiger partial charge in [-0.1, -0.05) is 59.3 Å². The summed E-state index contributed by atoms with van der Waals surface area (Å²) in [5, 5.41) is 10.3. The number of hydrogen-bond acceptors (Lipinski definition) is 4. The molecular formula is C20H22ClN3OS. The van der Waals surface area contributed by atoms with Crippen LogP contribution in [0, 0.1) is 6.92 Å². The van der Waals surface area contributed by atoms with Crippen molar-refractivity contribution in [2.45, 2.75) is 44.3 Å². The number of rotatable bonds is 7. The molecule has 0 radical (unpaired) electrons. The van der Waals surface area contributed by atoms with E-state index < -0.39 is 0 Å². The number of nitrogens with zero attached hydrogens (tertiary/aromatic N) is 3. The lowest BCUT2D eigenvalue weighted by molar-refractivity contribution is 0.210. The highest BCUT2D eigenvalue weighted by atomic mass is 35.5. The normalized spacial score (nSPS) is 12.2. The first-order valence-electron chi connectivity index (χ1n) is 8.60. The molecule has 1 unspecified atom stereocenters. The number of hydrogen-bond donors (Lipinski definition) is 0. The fraction of sp³-hybridized carbons (Fsp3) is 0.300. The maximum Gasteiger partial charge on any atom is 0.191 e. The molecule has 2 aromatic carbocycles. The molecule has 4 nitrogen and oxygen atoms in total. The third-order valence-corrected chi connectivity index (χ3v) is 5.30. The Morgan fingerprint density at radius 2 is 1.92 bits per heavy atom. The molecule has 0 aliphatic heterocycles. The molecular weight excluding hydrogens is 366 g/mol. The van der Waals surface area contributed by atoms with E-state index in [-0.39, 0.29) is 6.10 Å². The number of thioether (sulfide) groups is 1. The van der Waals surface area contributed by atoms with E-state index in [1.165, 1.54) is 11.1 Å². The third-order valence-electron chi connectivity index (χ3n) is 4.02. The van der Waals surface area contributed by atoms with E-state index in [4.69, 9.17) is 16.3 Å². The van der Waals surface area contributed by atoms with Crippen LogP contribution in [0.15, 0.2) is 53.7 Å². The second-order valence-electron chi connectivity index (χ2n) is 6.08. The molecule has 1 atom stereocenters. The summed E-state index contributed by atoms with van der Waals surface area (Å²) in [6.07, 6.45) is -0.213. The second-order valence-corrected chi connectivity index (χ2v) is 7.46. The number of benzene rings is 2. The van der Waals surface area contributed by atoms with Gasteiger partial charge in [-0.2, -0.15) is 0 Å². The highest BCUT2D eigenvalue weighted by molar-refractivity contribution is 7.98. The maximum atomic E-state index is 6.03. The van der Waals surface area contributed by atoms with Crippen molar-refractivity contribution < 1.29 is 4.74 Å². The summed E-state index contributed by atoms with van der Waals surface area (Å²) < 4.78 is 8.10. The lowest BCUT2D eigenvalue weighted by Gasteiger charge is -2.15. The Hall–Kier alpha value is -1.98. The van der Waals surface area contributed by atoms with Crippen LogP contribution in [0.1, 0.15) is 36.9 Å². The van der Waals surface area contributed by atoms with E-state index in [9.17, 15) is 0 Å². The van der Waals surface area contributed by atoms with Gasteiger partial charge in [-0.05, 0) is 44.5 Å². The molecule has 1 heterocycles. The highest BCUT2D eigenvalue weighted by Crippen LogP contribution is 2.27. The van der Waals surface area contributed by atoms with Crippen LogP contribution in [0.25, 0.3) is 0 Å². The number of halogens is 1. The monoisotopic (exact) mass is 387 g/mol. The van der Waals surface area contributed by atoms with Crippen molar-refractivity contribution >= 4 is 23.4 Å². The standard InChI is InChI=1S/C20H22ClN3OS/c1-4-24-19(15(3)25-18-7-5-6-17(21)12-18)22-23-20(24)26-13-16-10-8-14(2)9-11-16/h5-12,15H,4,13H2,1-3H3. The highest BCUT2D eigenvalue weighted by Gasteiger charge is 2.18. The van der Waals surface area contributed by atoms with Crippen molar-refractivity contribution in [3.8, 4) is 5.75 Å². The molecule has 1 aromatic heterocycles. The Labute approximate surface area is 163 Å². The van der Waals surface area contributed by atoms with E-state index in [0.29, 0.717) is 5.02 Å². The molecule has 3 rings (SSSR count). The van der Waals surface area contributed by atoms with Crippen molar-refractivity contribution in [3.05, 3.63) is 70.5 Å². The van der Waals surface area contributed by atoms with Gasteiger partial charge < -0.3 is 9.30 Å². The lowest BCUT2D eigenvalue weighted by Crippen LogP contribution is -2.12. The van der Waals surface area contributed by atoms with Gasteiger partial charge in [0.25, 0.3) is 0 Å². The SMILES string of the molecule is CCn1c(SCc2ccc(C)cc2)nnc1C(C)Oc1cccc(Cl)c1. The van der Waals surface area contributed by atoms with Gasteiger partial charge in [-0.3, -0.25) is 0 Å². The van der Waals surface area contributed by atoms with Crippen LogP contribution in [-0.2, 0) is 12.3 Å². The molecule has 136 valence electrons. The van der Waals surface area contributed by atoms with E-state index in [1.54, 1.807) is 17.8 Å². The Morgan fingerprint density at radius 1 is 1.15 bits per heavy atom. The summed E-state index contributed by atoms with van der Waals surface area (Å²) in [6.45, 7) is 6.96. The van der Waals surface area contributed by atoms with Crippen molar-refractivity contribution in [2.24, 2.45) is 0 Å². The average Bonchev–Trinajstić information content (AvgIpc) is 3.04. The molecule has 0 saturated carbocycles. The molecule has 3 aromatic rings. The number of aromatic nitrogens is 3. The summed E-state index contributed by atoms with van der Waals surface area (Å²) in [7, 11) is 0. The molecule has 0 saturated heterocycles. The van der Waals surface area contributed by atoms with E-state index in [0.717, 1.165) is 29.0 Å². The molecule has 0 spiro atoms. The van der Waals surface area contributed by atoms with Crippen molar-refractivity contribution in [2.75, 3.05) is 0 Å². The van der Waals surface area contributed by atoms with Gasteiger partial charge in [0.2, 0.25) is 0 Å². The predicted molar refractivity (Wildman–Crippen MR) is 107 cm³/mol. The lowest BCUT2D eigenvalue weighted by atomic mass is 10.2. The van der Waals surface area contributed by atoms with Crippen molar-refractivity contribution in [3.63, 3.8) is 0 Å². The molecule has 26 heavy (non-hydrogen) atoms. The molecule has 0 amide bonds. The summed E-state index contributed by atoms with van der Waals surface area (Å²) in [4.78, 5) is 0. The zero-order valence-corrected chi connectivity index (χ0v) is 16.7. The van der Waals surface area contributed by atoms with Gasteiger partial charge in [0.15, 0.2) is 17.1 Å². The fourth-order valence-electron chi connectivity index (χ4n) is 2.63. The molecule has 0 fully saturated rings. The first-order chi connectivity index (χ1) is 12.6. The summed E-state index contributed by atoms with van der Waals surface area (Å²) in [5.74, 6) is 2.41. The van der Waals surface area contributed by atoms with Crippen molar-refractivity contribution in [1.82, 2.24) is 14.8 Å². The predicted octanol–water partition coefficient (Wildman–Crippen LogP) is 5.69. The van der Waals surface area contributed by atoms with Gasteiger partial charge in [-0.25, -0.2) is 0 Å². The second kappa shape index (κ2) is 8.60. The minimum Gasteiger partial charge on any atom is -0.483 e. The minimum absolute atomic E-state index is 0.213. The molecule has 0 N–H and O–H groups in total. The van der Waals surface area contributed by atoms with Crippen LogP contribution in [0.3, 0.4) is 0 Å². The van der Waals surface area contributed by atoms with Gasteiger partial charge in [0, 0.05) is 17.3 Å². The summed E-state index contributed by atoms with van der Waals surface area (Å²) in [6, 6.07) is 16.0. The maximum absolute atomic E-state index is 6.03. The molecule has 0 bridgehead atoms. The van der Waals surface area contributed by atoms with Crippen molar-refractivity contribution in [1.29, 1.82) is 0 Å². The quantitative estimate of drug-likeness (QED) is 0.488. The zero-order valence-electron chi connectivity index (χ0n) is 15.1. The smallest absolute Gasteiger partial charge is 0.191 e. The first kappa shape index (κ1) is 18.8. The van der Waals surface area contributed by atoms with Gasteiger partial charge in [0.05, 0.1) is 0 Å². The largest absolute Gasteiger partial charge is 0.483 e. The molecule has 0 aliphatic rings. The van der Waals surface area contributed by atoms with Crippen LogP contribution in [0.4, 0.5) is 0 Å². The topological polar surface area (TPSA) is 39.9 Å². The van der Waals surface area contributed by atoms with Crippen LogP contribution in [0.2, 0.25) is 5.02 Å². The number of aryl methyl sites for hydroxylation is 1. The first-order valence-corrected chi connectivity index (χ1v) is 9.97. The summed E-state index contributed by atoms with van der Waals surface area (Å²) in [5.41, 5.74) is 2.54. The van der Waals surface area contributed by atoms with Gasteiger partial charge in [-0.15, -0.1) is 10.2 Å². The average molecular weight is 388 g/mol. The number of ether oxygens (including phenoxy) is 1. The third kappa shape index (κ3) is 4.59. The Balaban J connectivity index is 1.71. The van der Waals surface area contributed by atoms with E-state index >= 15 is 0 Å². The molecule has 0 aliphatic carbocycles. The van der Waals surface area contributed by atoms with Crippen LogP contribution >= 0.6 is 23.4 Å². The van der Waals surface area contributed by atoms with Gasteiger partial charge >= 0.3 is 0 Å². The van der Waals surface area contributed by atoms with E-state index in [2.05, 4.69) is 52.9 Å². The zero-order chi connectivity index (χ0) is 18.5. The minimum atomic E-state index is -0.213. The Kier molecular flexibility index (Phi) is 6.22. The summed E-state index contributed by atoms with van der Waals surface area (Å²) >= 11 is 7.72. The van der Waals surface area contributed by atoms with E-state index in [1.807, 2.05) is 25.1 Å². The Bertz CT molecular complexity index is 864. The molecule has 6 heteroatoms.